The first-order valence-corrected chi connectivity index (χ1v) is 8.80. The first kappa shape index (κ1) is 18.0. The minimum Gasteiger partial charge on any atom is -0.465 e. The van der Waals surface area contributed by atoms with Gasteiger partial charge in [0.25, 0.3) is 0 Å². The number of fused-ring (bicyclic) bond motifs is 1. The van der Waals surface area contributed by atoms with Gasteiger partial charge in [0, 0.05) is 36.8 Å². The van der Waals surface area contributed by atoms with E-state index in [9.17, 15) is 9.90 Å². The van der Waals surface area contributed by atoms with Crippen LogP contribution in [0.3, 0.4) is 0 Å². The van der Waals surface area contributed by atoms with Crippen molar-refractivity contribution >= 4 is 17.0 Å². The van der Waals surface area contributed by atoms with Crippen LogP contribution in [0.25, 0.3) is 10.9 Å². The molecule has 136 valence electrons. The fraction of sp³-hybridized carbons (Fsp3) is 0.286. The summed E-state index contributed by atoms with van der Waals surface area (Å²) in [7, 11) is 0. The molecule has 0 saturated heterocycles. The number of hydrogen-bond acceptors (Lipinski definition) is 2. The van der Waals surface area contributed by atoms with Gasteiger partial charge in [-0.15, -0.1) is 0 Å². The minimum absolute atomic E-state index is 0.0894. The summed E-state index contributed by atoms with van der Waals surface area (Å²) in [6.45, 7) is 2.92. The lowest BCUT2D eigenvalue weighted by Crippen LogP contribution is -2.31. The molecule has 0 atom stereocenters. The molecular weight excluding hydrogens is 328 g/mol. The quantitative estimate of drug-likeness (QED) is 0.606. The number of nitrogens with one attached hydrogen (secondary N) is 1. The molecule has 26 heavy (non-hydrogen) atoms. The van der Waals surface area contributed by atoms with Gasteiger partial charge in [0.2, 0.25) is 0 Å². The third kappa shape index (κ3) is 4.06. The first-order chi connectivity index (χ1) is 12.6. The number of carboxylic acid groups (broad SMARTS) is 1. The summed E-state index contributed by atoms with van der Waals surface area (Å²) in [6, 6.07) is 13.9. The second-order valence-electron chi connectivity index (χ2n) is 6.56. The van der Waals surface area contributed by atoms with E-state index in [2.05, 4.69) is 24.0 Å². The smallest absolute Gasteiger partial charge is 0.407 e. The van der Waals surface area contributed by atoms with E-state index >= 15 is 0 Å². The number of aromatic nitrogens is 1. The number of aryl methyl sites for hydroxylation is 1. The Balaban J connectivity index is 1.71. The predicted molar refractivity (Wildman–Crippen MR) is 102 cm³/mol. The molecule has 0 radical (unpaired) electrons. The Bertz CT molecular complexity index is 901. The van der Waals surface area contributed by atoms with Crippen LogP contribution in [0.2, 0.25) is 0 Å². The molecule has 0 spiro atoms. The molecule has 3 N–H and O–H groups in total. The maximum absolute atomic E-state index is 11.7. The number of carbonyl (C=O) groups is 1. The van der Waals surface area contributed by atoms with Crippen molar-refractivity contribution in [2.75, 3.05) is 13.2 Å². The maximum Gasteiger partial charge on any atom is 0.407 e. The third-order valence-electron chi connectivity index (χ3n) is 4.70. The molecule has 5 heteroatoms. The van der Waals surface area contributed by atoms with E-state index in [1.165, 1.54) is 10.5 Å². The Morgan fingerprint density at radius 1 is 1.12 bits per heavy atom. The molecule has 5 nitrogen and oxygen atoms in total. The highest BCUT2D eigenvalue weighted by Crippen LogP contribution is 2.22. The lowest BCUT2D eigenvalue weighted by molar-refractivity contribution is 0.143. The highest BCUT2D eigenvalue weighted by molar-refractivity contribution is 5.85. The number of benzene rings is 2. The number of amides is 1. The van der Waals surface area contributed by atoms with E-state index in [1.54, 1.807) is 0 Å². The van der Waals surface area contributed by atoms with Crippen LogP contribution in [0, 0.1) is 6.92 Å². The van der Waals surface area contributed by atoms with Crippen molar-refractivity contribution in [3.8, 4) is 0 Å². The van der Waals surface area contributed by atoms with E-state index in [0.29, 0.717) is 25.9 Å². The molecule has 0 aliphatic heterocycles. The number of para-hydroxylation sites is 1. The van der Waals surface area contributed by atoms with Crippen LogP contribution in [0.4, 0.5) is 4.79 Å². The van der Waals surface area contributed by atoms with Gasteiger partial charge in [0.05, 0.1) is 0 Å². The van der Waals surface area contributed by atoms with Gasteiger partial charge in [-0.25, -0.2) is 4.79 Å². The van der Waals surface area contributed by atoms with Crippen LogP contribution < -0.4 is 0 Å². The molecule has 3 aromatic rings. The number of H-pyrrole nitrogens is 1. The molecular formula is C21H24N2O3. The fourth-order valence-corrected chi connectivity index (χ4v) is 3.30. The van der Waals surface area contributed by atoms with E-state index in [-0.39, 0.29) is 6.61 Å². The van der Waals surface area contributed by atoms with Gasteiger partial charge in [-0.3, -0.25) is 0 Å². The Hall–Kier alpha value is -2.79. The van der Waals surface area contributed by atoms with Gasteiger partial charge in [-0.05, 0) is 42.0 Å². The SMILES string of the molecule is Cc1cccc2c(CCN(Cc3cccc(CCO)c3)C(=O)O)c[nH]c12. The van der Waals surface area contributed by atoms with Gasteiger partial charge in [-0.1, -0.05) is 42.5 Å². The molecule has 0 bridgehead atoms. The van der Waals surface area contributed by atoms with Gasteiger partial charge in [0.15, 0.2) is 0 Å². The second kappa shape index (κ2) is 8.06. The number of nitrogens with zero attached hydrogens (tertiary/aromatic N) is 1. The zero-order valence-corrected chi connectivity index (χ0v) is 14.9. The van der Waals surface area contributed by atoms with Crippen molar-refractivity contribution in [2.24, 2.45) is 0 Å². The number of rotatable bonds is 7. The van der Waals surface area contributed by atoms with E-state index in [0.717, 1.165) is 27.6 Å². The highest BCUT2D eigenvalue weighted by Gasteiger charge is 2.14. The molecule has 0 aliphatic rings. The largest absolute Gasteiger partial charge is 0.465 e. The zero-order chi connectivity index (χ0) is 18.5. The van der Waals surface area contributed by atoms with Gasteiger partial charge < -0.3 is 20.1 Å². The zero-order valence-electron chi connectivity index (χ0n) is 14.9. The van der Waals surface area contributed by atoms with Crippen LogP contribution in [-0.4, -0.2) is 39.3 Å². The highest BCUT2D eigenvalue weighted by atomic mass is 16.4. The Labute approximate surface area is 152 Å². The molecule has 0 saturated carbocycles. The number of aliphatic hydroxyl groups excluding tert-OH is 1. The van der Waals surface area contributed by atoms with Crippen molar-refractivity contribution in [3.63, 3.8) is 0 Å². The first-order valence-electron chi connectivity index (χ1n) is 8.80. The average Bonchev–Trinajstić information content (AvgIpc) is 3.03. The lowest BCUT2D eigenvalue weighted by atomic mass is 10.1. The lowest BCUT2D eigenvalue weighted by Gasteiger charge is -2.19. The number of hydrogen-bond donors (Lipinski definition) is 3. The van der Waals surface area contributed by atoms with Gasteiger partial charge in [-0.2, -0.15) is 0 Å². The standard InChI is InChI=1S/C21H24N2O3/c1-15-4-2-7-19-18(13-22-20(15)19)8-10-23(21(25)26)14-17-6-3-5-16(12-17)9-11-24/h2-7,12-13,22,24H,8-11,14H2,1H3,(H,25,26). The summed E-state index contributed by atoms with van der Waals surface area (Å²) in [5.41, 5.74) is 5.38. The third-order valence-corrected chi connectivity index (χ3v) is 4.70. The van der Waals surface area contributed by atoms with Crippen LogP contribution >= 0.6 is 0 Å². The van der Waals surface area contributed by atoms with Crippen LogP contribution in [-0.2, 0) is 19.4 Å². The molecule has 3 rings (SSSR count). The van der Waals surface area contributed by atoms with Crippen molar-refractivity contribution in [1.29, 1.82) is 0 Å². The second-order valence-corrected chi connectivity index (χ2v) is 6.56. The molecule has 0 fully saturated rings. The summed E-state index contributed by atoms with van der Waals surface area (Å²) >= 11 is 0. The van der Waals surface area contributed by atoms with Crippen molar-refractivity contribution in [2.45, 2.75) is 26.3 Å². The summed E-state index contributed by atoms with van der Waals surface area (Å²) in [4.78, 5) is 16.4. The van der Waals surface area contributed by atoms with Crippen molar-refractivity contribution in [1.82, 2.24) is 9.88 Å². The van der Waals surface area contributed by atoms with Crippen molar-refractivity contribution in [3.05, 3.63) is 70.9 Å². The average molecular weight is 352 g/mol. The molecule has 1 amide bonds. The number of aliphatic hydroxyl groups is 1. The molecule has 1 heterocycles. The Kier molecular flexibility index (Phi) is 5.58. The predicted octanol–water partition coefficient (Wildman–Crippen LogP) is 3.73. The van der Waals surface area contributed by atoms with Crippen LogP contribution in [0.5, 0.6) is 0 Å². The van der Waals surface area contributed by atoms with E-state index in [1.807, 2.05) is 36.5 Å². The summed E-state index contributed by atoms with van der Waals surface area (Å²) in [6.07, 6.45) is 2.29. The Morgan fingerprint density at radius 3 is 2.65 bits per heavy atom. The summed E-state index contributed by atoms with van der Waals surface area (Å²) < 4.78 is 0. The molecule has 2 aromatic carbocycles. The minimum atomic E-state index is -0.923. The van der Waals surface area contributed by atoms with E-state index in [4.69, 9.17) is 5.11 Å². The van der Waals surface area contributed by atoms with Crippen molar-refractivity contribution < 1.29 is 15.0 Å². The monoisotopic (exact) mass is 352 g/mol. The maximum atomic E-state index is 11.7. The van der Waals surface area contributed by atoms with Crippen LogP contribution in [0.15, 0.2) is 48.7 Å². The van der Waals surface area contributed by atoms with Crippen LogP contribution in [0.1, 0.15) is 22.3 Å². The van der Waals surface area contributed by atoms with E-state index < -0.39 is 6.09 Å². The number of aromatic amines is 1. The van der Waals surface area contributed by atoms with Gasteiger partial charge in [0.1, 0.15) is 0 Å². The van der Waals surface area contributed by atoms with Gasteiger partial charge >= 0.3 is 6.09 Å². The topological polar surface area (TPSA) is 76.6 Å². The molecule has 0 unspecified atom stereocenters. The normalized spacial score (nSPS) is 11.0. The molecule has 0 aliphatic carbocycles. The Morgan fingerprint density at radius 2 is 1.88 bits per heavy atom. The fourth-order valence-electron chi connectivity index (χ4n) is 3.30. The molecule has 1 aromatic heterocycles. The summed E-state index contributed by atoms with van der Waals surface area (Å²) in [5, 5.41) is 19.8. The summed E-state index contributed by atoms with van der Waals surface area (Å²) in [5.74, 6) is 0.